The van der Waals surface area contributed by atoms with Crippen molar-refractivity contribution in [2.24, 2.45) is 11.7 Å². The summed E-state index contributed by atoms with van der Waals surface area (Å²) < 4.78 is 5.45. The third kappa shape index (κ3) is 2.79. The van der Waals surface area contributed by atoms with Gasteiger partial charge in [0.05, 0.1) is 7.11 Å². The van der Waals surface area contributed by atoms with Gasteiger partial charge in [0.2, 0.25) is 0 Å². The Morgan fingerprint density at radius 3 is 3.00 bits per heavy atom. The molecule has 1 fully saturated rings. The summed E-state index contributed by atoms with van der Waals surface area (Å²) in [5.41, 5.74) is 8.31. The fraction of sp³-hybridized carbons (Fsp3) is 0.571. The van der Waals surface area contributed by atoms with E-state index in [1.54, 1.807) is 7.11 Å². The van der Waals surface area contributed by atoms with Crippen LogP contribution in [0.5, 0.6) is 5.75 Å². The minimum Gasteiger partial charge on any atom is -0.496 e. The van der Waals surface area contributed by atoms with E-state index in [4.69, 9.17) is 10.5 Å². The molecule has 0 aromatic heterocycles. The van der Waals surface area contributed by atoms with Crippen LogP contribution in [-0.2, 0) is 6.42 Å². The molecule has 1 aliphatic heterocycles. The molecule has 0 radical (unpaired) electrons. The van der Waals surface area contributed by atoms with Crippen molar-refractivity contribution < 1.29 is 4.74 Å². The molecule has 3 N–H and O–H groups in total. The summed E-state index contributed by atoms with van der Waals surface area (Å²) in [6.07, 6.45) is 2.20. The average Bonchev–Trinajstić information content (AvgIpc) is 2.78. The molecule has 1 aromatic rings. The monoisotopic (exact) mass is 234 g/mol. The van der Waals surface area contributed by atoms with Crippen molar-refractivity contribution in [3.8, 4) is 5.75 Å². The molecule has 2 unspecified atom stereocenters. The summed E-state index contributed by atoms with van der Waals surface area (Å²) in [6.45, 7) is 3.94. The van der Waals surface area contributed by atoms with Gasteiger partial charge in [-0.15, -0.1) is 0 Å². The van der Waals surface area contributed by atoms with Gasteiger partial charge in [-0.05, 0) is 56.0 Å². The lowest BCUT2D eigenvalue weighted by Gasteiger charge is -2.19. The number of methoxy groups -OCH3 is 1. The van der Waals surface area contributed by atoms with E-state index in [0.717, 1.165) is 25.3 Å². The quantitative estimate of drug-likeness (QED) is 0.829. The van der Waals surface area contributed by atoms with E-state index < -0.39 is 0 Å². The lowest BCUT2D eigenvalue weighted by molar-refractivity contribution is 0.399. The molecule has 3 nitrogen and oxygen atoms in total. The van der Waals surface area contributed by atoms with Crippen LogP contribution in [0.3, 0.4) is 0 Å². The topological polar surface area (TPSA) is 47.3 Å². The lowest BCUT2D eigenvalue weighted by atomic mass is 9.94. The van der Waals surface area contributed by atoms with Crippen LogP contribution >= 0.6 is 0 Å². The second-order valence-electron chi connectivity index (χ2n) is 4.86. The van der Waals surface area contributed by atoms with E-state index in [1.165, 1.54) is 17.5 Å². The maximum absolute atomic E-state index is 5.80. The van der Waals surface area contributed by atoms with Gasteiger partial charge in [0, 0.05) is 6.04 Å². The van der Waals surface area contributed by atoms with E-state index in [-0.39, 0.29) is 0 Å². The van der Waals surface area contributed by atoms with Crippen LogP contribution in [0.25, 0.3) is 0 Å². The van der Waals surface area contributed by atoms with Gasteiger partial charge in [0.25, 0.3) is 0 Å². The third-order valence-electron chi connectivity index (χ3n) is 3.68. The normalized spacial score (nSPS) is 23.9. The van der Waals surface area contributed by atoms with Crippen molar-refractivity contribution in [1.82, 2.24) is 5.32 Å². The summed E-state index contributed by atoms with van der Waals surface area (Å²) in [5, 5.41) is 3.54. The Hall–Kier alpha value is -1.06. The fourth-order valence-corrected chi connectivity index (χ4v) is 2.60. The molecule has 94 valence electrons. The molecule has 0 aliphatic carbocycles. The molecule has 2 atom stereocenters. The number of benzene rings is 1. The van der Waals surface area contributed by atoms with Crippen LogP contribution in [0.4, 0.5) is 0 Å². The van der Waals surface area contributed by atoms with E-state index >= 15 is 0 Å². The first-order chi connectivity index (χ1) is 8.24. The van der Waals surface area contributed by atoms with Crippen LogP contribution in [-0.4, -0.2) is 26.2 Å². The summed E-state index contributed by atoms with van der Waals surface area (Å²) >= 11 is 0. The highest BCUT2D eigenvalue weighted by molar-refractivity contribution is 5.37. The minimum absolute atomic E-state index is 0.497. The SMILES string of the molecule is COc1cc(C)ccc1CC1NCCC1CN. The van der Waals surface area contributed by atoms with Crippen LogP contribution in [0.15, 0.2) is 18.2 Å². The van der Waals surface area contributed by atoms with Crippen LogP contribution < -0.4 is 15.8 Å². The minimum atomic E-state index is 0.497. The molecule has 1 saturated heterocycles. The van der Waals surface area contributed by atoms with Crippen LogP contribution in [0, 0.1) is 12.8 Å². The first-order valence-electron chi connectivity index (χ1n) is 6.31. The molecule has 0 spiro atoms. The number of hydrogen-bond donors (Lipinski definition) is 2. The molecule has 1 aliphatic rings. The predicted molar refractivity (Wildman–Crippen MR) is 70.4 cm³/mol. The van der Waals surface area contributed by atoms with E-state index in [1.807, 2.05) is 0 Å². The second-order valence-corrected chi connectivity index (χ2v) is 4.86. The first kappa shape index (κ1) is 12.4. The van der Waals surface area contributed by atoms with Crippen molar-refractivity contribution in [2.75, 3.05) is 20.2 Å². The van der Waals surface area contributed by atoms with Crippen molar-refractivity contribution in [3.05, 3.63) is 29.3 Å². The Morgan fingerprint density at radius 2 is 2.29 bits per heavy atom. The molecule has 2 rings (SSSR count). The average molecular weight is 234 g/mol. The van der Waals surface area contributed by atoms with E-state index in [9.17, 15) is 0 Å². The summed E-state index contributed by atoms with van der Waals surface area (Å²) in [6, 6.07) is 6.91. The number of nitrogens with two attached hydrogens (primary N) is 1. The number of hydrogen-bond acceptors (Lipinski definition) is 3. The van der Waals surface area contributed by atoms with Crippen molar-refractivity contribution in [1.29, 1.82) is 0 Å². The van der Waals surface area contributed by atoms with Gasteiger partial charge >= 0.3 is 0 Å². The first-order valence-corrected chi connectivity index (χ1v) is 6.31. The number of aryl methyl sites for hydroxylation is 1. The molecular weight excluding hydrogens is 212 g/mol. The molecule has 0 amide bonds. The van der Waals surface area contributed by atoms with Gasteiger partial charge in [-0.3, -0.25) is 0 Å². The Morgan fingerprint density at radius 1 is 1.47 bits per heavy atom. The smallest absolute Gasteiger partial charge is 0.122 e. The molecule has 3 heteroatoms. The Labute approximate surface area is 103 Å². The summed E-state index contributed by atoms with van der Waals surface area (Å²) in [5.74, 6) is 1.59. The molecule has 1 aromatic carbocycles. The second kappa shape index (κ2) is 5.52. The largest absolute Gasteiger partial charge is 0.496 e. The number of rotatable bonds is 4. The summed E-state index contributed by atoms with van der Waals surface area (Å²) in [4.78, 5) is 0. The zero-order valence-corrected chi connectivity index (χ0v) is 10.7. The third-order valence-corrected chi connectivity index (χ3v) is 3.68. The van der Waals surface area contributed by atoms with E-state index in [2.05, 4.69) is 30.4 Å². The zero-order valence-electron chi connectivity index (χ0n) is 10.7. The van der Waals surface area contributed by atoms with Crippen molar-refractivity contribution >= 4 is 0 Å². The Kier molecular flexibility index (Phi) is 4.02. The number of nitrogens with one attached hydrogen (secondary N) is 1. The van der Waals surface area contributed by atoms with Gasteiger partial charge in [0.1, 0.15) is 5.75 Å². The highest BCUT2D eigenvalue weighted by atomic mass is 16.5. The van der Waals surface area contributed by atoms with Gasteiger partial charge < -0.3 is 15.8 Å². The van der Waals surface area contributed by atoms with Crippen LogP contribution in [0.2, 0.25) is 0 Å². The highest BCUT2D eigenvalue weighted by Crippen LogP contribution is 2.25. The van der Waals surface area contributed by atoms with Gasteiger partial charge in [0.15, 0.2) is 0 Å². The van der Waals surface area contributed by atoms with Crippen LogP contribution in [0.1, 0.15) is 17.5 Å². The molecule has 17 heavy (non-hydrogen) atoms. The Bertz CT molecular complexity index is 378. The van der Waals surface area contributed by atoms with Gasteiger partial charge in [-0.1, -0.05) is 12.1 Å². The molecular formula is C14H22N2O. The maximum Gasteiger partial charge on any atom is 0.122 e. The fourth-order valence-electron chi connectivity index (χ4n) is 2.60. The van der Waals surface area contributed by atoms with Crippen molar-refractivity contribution in [2.45, 2.75) is 25.8 Å². The Balaban J connectivity index is 2.12. The summed E-state index contributed by atoms with van der Waals surface area (Å²) in [7, 11) is 1.74. The maximum atomic E-state index is 5.80. The zero-order chi connectivity index (χ0) is 12.3. The molecule has 0 saturated carbocycles. The molecule has 0 bridgehead atoms. The van der Waals surface area contributed by atoms with Crippen molar-refractivity contribution in [3.63, 3.8) is 0 Å². The molecule has 1 heterocycles. The van der Waals surface area contributed by atoms with E-state index in [0.29, 0.717) is 12.0 Å². The standard InChI is InChI=1S/C14H22N2O/c1-10-3-4-11(14(7-10)17-2)8-13-12(9-15)5-6-16-13/h3-4,7,12-13,16H,5-6,8-9,15H2,1-2H3. The lowest BCUT2D eigenvalue weighted by Crippen LogP contribution is -2.33. The predicted octanol–water partition coefficient (Wildman–Crippen LogP) is 1.48. The van der Waals surface area contributed by atoms with Gasteiger partial charge in [-0.25, -0.2) is 0 Å². The van der Waals surface area contributed by atoms with Gasteiger partial charge in [-0.2, -0.15) is 0 Å². The highest BCUT2D eigenvalue weighted by Gasteiger charge is 2.26. The number of ether oxygens (including phenoxy) is 1.